The summed E-state index contributed by atoms with van der Waals surface area (Å²) in [5.74, 6) is -0.470. The number of nitrogens with one attached hydrogen (secondary N) is 1. The molecule has 2 aromatic carbocycles. The van der Waals surface area contributed by atoms with E-state index in [0.717, 1.165) is 15.7 Å². The third-order valence-electron chi connectivity index (χ3n) is 3.74. The quantitative estimate of drug-likeness (QED) is 0.797. The lowest BCUT2D eigenvalue weighted by molar-refractivity contribution is -0.121. The van der Waals surface area contributed by atoms with Gasteiger partial charge in [-0.05, 0) is 48.9 Å². The van der Waals surface area contributed by atoms with E-state index < -0.39 is 6.04 Å². The molecule has 23 heavy (non-hydrogen) atoms. The lowest BCUT2D eigenvalue weighted by Crippen LogP contribution is -2.34. The van der Waals surface area contributed by atoms with Crippen molar-refractivity contribution in [2.24, 2.45) is 0 Å². The third-order valence-corrected chi connectivity index (χ3v) is 4.68. The van der Waals surface area contributed by atoms with E-state index in [1.165, 1.54) is 4.90 Å². The van der Waals surface area contributed by atoms with Gasteiger partial charge in [0, 0.05) is 15.2 Å². The van der Waals surface area contributed by atoms with Crippen LogP contribution in [0.5, 0.6) is 0 Å². The second-order valence-electron chi connectivity index (χ2n) is 5.41. The van der Waals surface area contributed by atoms with Crippen molar-refractivity contribution in [2.45, 2.75) is 19.4 Å². The Bertz CT molecular complexity index is 777. The van der Waals surface area contributed by atoms with Crippen LogP contribution in [0.15, 0.2) is 46.9 Å². The first-order valence-corrected chi connectivity index (χ1v) is 8.28. The van der Waals surface area contributed by atoms with Crippen molar-refractivity contribution in [3.8, 4) is 0 Å². The number of hydrogen-bond acceptors (Lipinski definition) is 3. The van der Waals surface area contributed by atoms with Crippen LogP contribution in [0.4, 0.5) is 11.4 Å². The molecule has 0 aliphatic carbocycles. The zero-order valence-electron chi connectivity index (χ0n) is 12.3. The highest BCUT2D eigenvalue weighted by Crippen LogP contribution is 2.27. The van der Waals surface area contributed by atoms with Gasteiger partial charge in [-0.2, -0.15) is 0 Å². The number of nitrogens with zero attached hydrogens (tertiary/aromatic N) is 1. The zero-order valence-corrected chi connectivity index (χ0v) is 14.7. The van der Waals surface area contributed by atoms with Crippen LogP contribution in [-0.4, -0.2) is 17.9 Å². The molecule has 2 amide bonds. The van der Waals surface area contributed by atoms with Crippen molar-refractivity contribution < 1.29 is 9.59 Å². The normalized spacial score (nSPS) is 17.7. The van der Waals surface area contributed by atoms with E-state index in [-0.39, 0.29) is 18.2 Å². The fourth-order valence-corrected chi connectivity index (χ4v) is 2.93. The van der Waals surface area contributed by atoms with Crippen LogP contribution in [0.2, 0.25) is 5.02 Å². The van der Waals surface area contributed by atoms with Crippen LogP contribution in [0.25, 0.3) is 0 Å². The predicted molar refractivity (Wildman–Crippen MR) is 94.9 cm³/mol. The fourth-order valence-electron chi connectivity index (χ4n) is 2.49. The molecule has 0 spiro atoms. The Balaban J connectivity index is 1.80. The van der Waals surface area contributed by atoms with E-state index in [0.29, 0.717) is 10.7 Å². The maximum atomic E-state index is 12.6. The Morgan fingerprint density at radius 1 is 1.17 bits per heavy atom. The highest BCUT2D eigenvalue weighted by Gasteiger charge is 2.39. The minimum Gasteiger partial charge on any atom is -0.373 e. The number of halogens is 2. The summed E-state index contributed by atoms with van der Waals surface area (Å²) in [5.41, 5.74) is 2.27. The summed E-state index contributed by atoms with van der Waals surface area (Å²) in [6.45, 7) is 1.91. The average Bonchev–Trinajstić information content (AvgIpc) is 2.79. The molecule has 3 rings (SSSR count). The average molecular weight is 394 g/mol. The van der Waals surface area contributed by atoms with Crippen molar-refractivity contribution in [3.63, 3.8) is 0 Å². The number of amides is 2. The Morgan fingerprint density at radius 3 is 2.52 bits per heavy atom. The van der Waals surface area contributed by atoms with E-state index in [1.807, 2.05) is 19.1 Å². The van der Waals surface area contributed by atoms with Gasteiger partial charge in [-0.25, -0.2) is 4.90 Å². The molecule has 0 bridgehead atoms. The van der Waals surface area contributed by atoms with Crippen LogP contribution >= 0.6 is 27.5 Å². The first-order valence-electron chi connectivity index (χ1n) is 7.11. The van der Waals surface area contributed by atoms with Crippen molar-refractivity contribution in [1.82, 2.24) is 0 Å². The van der Waals surface area contributed by atoms with E-state index >= 15 is 0 Å². The van der Waals surface area contributed by atoms with Crippen LogP contribution in [0, 0.1) is 6.92 Å². The monoisotopic (exact) mass is 392 g/mol. The molecule has 1 saturated heterocycles. The van der Waals surface area contributed by atoms with E-state index in [2.05, 4.69) is 21.2 Å². The number of anilines is 2. The van der Waals surface area contributed by atoms with Crippen LogP contribution < -0.4 is 10.2 Å². The van der Waals surface area contributed by atoms with Gasteiger partial charge in [0.05, 0.1) is 12.1 Å². The molecule has 6 heteroatoms. The Kier molecular flexibility index (Phi) is 4.41. The molecule has 0 radical (unpaired) electrons. The maximum absolute atomic E-state index is 12.6. The van der Waals surface area contributed by atoms with Crippen LogP contribution in [0.3, 0.4) is 0 Å². The molecule has 1 aliphatic heterocycles. The molecule has 0 saturated carbocycles. The smallest absolute Gasteiger partial charge is 0.256 e. The van der Waals surface area contributed by atoms with Gasteiger partial charge in [0.25, 0.3) is 5.91 Å². The topological polar surface area (TPSA) is 49.4 Å². The Hall–Kier alpha value is -1.85. The summed E-state index contributed by atoms with van der Waals surface area (Å²) >= 11 is 9.44. The highest BCUT2D eigenvalue weighted by atomic mass is 79.9. The van der Waals surface area contributed by atoms with Crippen molar-refractivity contribution >= 4 is 50.7 Å². The van der Waals surface area contributed by atoms with Gasteiger partial charge in [-0.3, -0.25) is 9.59 Å². The lowest BCUT2D eigenvalue weighted by atomic mass is 10.2. The van der Waals surface area contributed by atoms with Gasteiger partial charge < -0.3 is 5.32 Å². The summed E-state index contributed by atoms with van der Waals surface area (Å²) in [7, 11) is 0. The first-order chi connectivity index (χ1) is 11.0. The number of imide groups is 1. The molecule has 1 aliphatic rings. The molecule has 1 N–H and O–H groups in total. The molecule has 1 atom stereocenters. The maximum Gasteiger partial charge on any atom is 0.256 e. The van der Waals surface area contributed by atoms with Gasteiger partial charge in [-0.1, -0.05) is 33.6 Å². The first kappa shape index (κ1) is 16.0. The Labute approximate surface area is 147 Å². The van der Waals surface area contributed by atoms with Gasteiger partial charge in [-0.15, -0.1) is 0 Å². The van der Waals surface area contributed by atoms with Crippen molar-refractivity contribution in [1.29, 1.82) is 0 Å². The number of carbonyl (C=O) groups is 2. The van der Waals surface area contributed by atoms with Crippen molar-refractivity contribution in [2.75, 3.05) is 10.2 Å². The summed E-state index contributed by atoms with van der Waals surface area (Å²) in [6.07, 6.45) is 0.125. The minimum absolute atomic E-state index is 0.125. The second kappa shape index (κ2) is 6.34. The molecule has 0 aromatic heterocycles. The number of benzene rings is 2. The second-order valence-corrected chi connectivity index (χ2v) is 6.73. The number of carbonyl (C=O) groups excluding carboxylic acids is 2. The Morgan fingerprint density at radius 2 is 1.87 bits per heavy atom. The molecule has 0 unspecified atom stereocenters. The summed E-state index contributed by atoms with van der Waals surface area (Å²) in [4.78, 5) is 26.0. The highest BCUT2D eigenvalue weighted by molar-refractivity contribution is 9.10. The zero-order chi connectivity index (χ0) is 16.6. The number of rotatable bonds is 3. The SMILES string of the molecule is Cc1ccc(N[C@H]2CC(=O)N(c3ccc(Br)cc3)C2=O)cc1Cl. The lowest BCUT2D eigenvalue weighted by Gasteiger charge is -2.16. The molecule has 4 nitrogen and oxygen atoms in total. The minimum atomic E-state index is -0.579. The number of hydrogen-bond donors (Lipinski definition) is 1. The third kappa shape index (κ3) is 3.26. The van der Waals surface area contributed by atoms with Crippen LogP contribution in [-0.2, 0) is 9.59 Å². The summed E-state index contributed by atoms with van der Waals surface area (Å²) in [6, 6.07) is 12.0. The summed E-state index contributed by atoms with van der Waals surface area (Å²) in [5, 5.41) is 3.72. The largest absolute Gasteiger partial charge is 0.373 e. The van der Waals surface area contributed by atoms with Gasteiger partial charge in [0.15, 0.2) is 0 Å². The fraction of sp³-hybridized carbons (Fsp3) is 0.176. The predicted octanol–water partition coefficient (Wildman–Crippen LogP) is 4.15. The van der Waals surface area contributed by atoms with Gasteiger partial charge in [0.1, 0.15) is 6.04 Å². The molecule has 1 heterocycles. The standard InChI is InChI=1S/C17H14BrClN2O2/c1-10-2-5-12(8-14(10)19)20-15-9-16(22)21(17(15)23)13-6-3-11(18)4-7-13/h2-8,15,20H,9H2,1H3/t15-/m0/s1. The molecule has 2 aromatic rings. The molecule has 1 fully saturated rings. The van der Waals surface area contributed by atoms with E-state index in [1.54, 1.807) is 30.3 Å². The van der Waals surface area contributed by atoms with E-state index in [9.17, 15) is 9.59 Å². The summed E-state index contributed by atoms with van der Waals surface area (Å²) < 4.78 is 0.893. The van der Waals surface area contributed by atoms with Crippen LogP contribution in [0.1, 0.15) is 12.0 Å². The molecular formula is C17H14BrClN2O2. The van der Waals surface area contributed by atoms with Crippen molar-refractivity contribution in [3.05, 3.63) is 57.5 Å². The van der Waals surface area contributed by atoms with Gasteiger partial charge >= 0.3 is 0 Å². The van der Waals surface area contributed by atoms with Gasteiger partial charge in [0.2, 0.25) is 5.91 Å². The molecule has 118 valence electrons. The van der Waals surface area contributed by atoms with E-state index in [4.69, 9.17) is 11.6 Å². The molecular weight excluding hydrogens is 380 g/mol. The number of aryl methyl sites for hydroxylation is 1.